The number of fused-ring (bicyclic) bond motifs is 4. The van der Waals surface area contributed by atoms with Crippen molar-refractivity contribution in [2.75, 3.05) is 47.5 Å². The van der Waals surface area contributed by atoms with E-state index in [1.165, 1.54) is 18.5 Å². The molecule has 4 heterocycles. The Bertz CT molecular complexity index is 716. The molecule has 5 nitrogen and oxygen atoms in total. The lowest BCUT2D eigenvalue weighted by atomic mass is 9.74. The summed E-state index contributed by atoms with van der Waals surface area (Å²) >= 11 is 0. The van der Waals surface area contributed by atoms with Crippen LogP contribution in [0.2, 0.25) is 0 Å². The van der Waals surface area contributed by atoms with E-state index < -0.39 is 9.84 Å². The van der Waals surface area contributed by atoms with E-state index in [9.17, 15) is 8.42 Å². The van der Waals surface area contributed by atoms with Crippen LogP contribution in [0.15, 0.2) is 24.3 Å². The van der Waals surface area contributed by atoms with E-state index in [1.807, 2.05) is 0 Å². The molecule has 1 aromatic carbocycles. The molecule has 0 unspecified atom stereocenters. The second kappa shape index (κ2) is 6.16. The average Bonchev–Trinajstić information content (AvgIpc) is 2.85. The minimum absolute atomic E-state index is 0.268. The van der Waals surface area contributed by atoms with Crippen molar-refractivity contribution in [1.82, 2.24) is 5.32 Å². The van der Waals surface area contributed by atoms with Crippen LogP contribution in [0.4, 0.5) is 11.4 Å². The Morgan fingerprint density at radius 3 is 2.40 bits per heavy atom. The third-order valence-corrected chi connectivity index (χ3v) is 7.82. The number of piperidine rings is 1. The van der Waals surface area contributed by atoms with Gasteiger partial charge in [0.15, 0.2) is 9.84 Å². The smallest absolute Gasteiger partial charge is 0.153 e. The van der Waals surface area contributed by atoms with Gasteiger partial charge in [0.2, 0.25) is 0 Å². The monoisotopic (exact) mass is 363 g/mol. The molecule has 4 aliphatic heterocycles. The lowest BCUT2D eigenvalue weighted by molar-refractivity contribution is 0.204. The van der Waals surface area contributed by atoms with Crippen LogP contribution >= 0.6 is 0 Å². The third-order valence-electron chi connectivity index (χ3n) is 6.21. The zero-order valence-corrected chi connectivity index (χ0v) is 16.1. The first-order valence-corrected chi connectivity index (χ1v) is 11.2. The standard InChI is InChI=1S/C19H29N3O2S/c1-19(2)13-15-14-22(18(19)7-8-20-15)17-5-3-16(4-6-17)21-9-11-25(23,24)12-10-21/h3-6,15,18,20H,7-14H2,1-2H3/t15-,18+/m1/s1. The van der Waals surface area contributed by atoms with Crippen molar-refractivity contribution in [3.05, 3.63) is 24.3 Å². The number of nitrogens with one attached hydrogen (secondary N) is 1. The van der Waals surface area contributed by atoms with Gasteiger partial charge in [-0.1, -0.05) is 13.8 Å². The maximum atomic E-state index is 11.6. The van der Waals surface area contributed by atoms with Gasteiger partial charge in [-0.3, -0.25) is 0 Å². The van der Waals surface area contributed by atoms with Crippen molar-refractivity contribution in [3.63, 3.8) is 0 Å². The lowest BCUT2D eigenvalue weighted by Crippen LogP contribution is -2.54. The highest BCUT2D eigenvalue weighted by molar-refractivity contribution is 7.91. The fraction of sp³-hybridized carbons (Fsp3) is 0.684. The molecule has 0 radical (unpaired) electrons. The highest BCUT2D eigenvalue weighted by atomic mass is 32.2. The van der Waals surface area contributed by atoms with Gasteiger partial charge >= 0.3 is 0 Å². The van der Waals surface area contributed by atoms with Gasteiger partial charge in [-0.15, -0.1) is 0 Å². The van der Waals surface area contributed by atoms with Crippen LogP contribution in [0.5, 0.6) is 0 Å². The Labute approximate surface area is 151 Å². The molecule has 4 aliphatic rings. The maximum absolute atomic E-state index is 11.6. The molecule has 1 aromatic rings. The Morgan fingerprint density at radius 2 is 1.72 bits per heavy atom. The summed E-state index contributed by atoms with van der Waals surface area (Å²) in [5.41, 5.74) is 2.75. The first-order chi connectivity index (χ1) is 11.8. The van der Waals surface area contributed by atoms with Crippen molar-refractivity contribution >= 4 is 21.2 Å². The van der Waals surface area contributed by atoms with E-state index in [-0.39, 0.29) is 11.5 Å². The van der Waals surface area contributed by atoms with Crippen molar-refractivity contribution < 1.29 is 8.42 Å². The fourth-order valence-corrected chi connectivity index (χ4v) is 6.04. The van der Waals surface area contributed by atoms with Crippen LogP contribution in [0, 0.1) is 5.41 Å². The molecular formula is C19H29N3O2S. The Morgan fingerprint density at radius 1 is 1.08 bits per heavy atom. The second-order valence-electron chi connectivity index (χ2n) is 8.46. The molecule has 25 heavy (non-hydrogen) atoms. The molecule has 2 atom stereocenters. The molecule has 2 bridgehead atoms. The quantitative estimate of drug-likeness (QED) is 0.870. The summed E-state index contributed by atoms with van der Waals surface area (Å²) in [6, 6.07) is 9.90. The summed E-state index contributed by atoms with van der Waals surface area (Å²) < 4.78 is 23.2. The number of anilines is 2. The van der Waals surface area contributed by atoms with Gasteiger partial charge in [0.05, 0.1) is 11.5 Å². The van der Waals surface area contributed by atoms with E-state index in [2.05, 4.69) is 53.2 Å². The van der Waals surface area contributed by atoms with E-state index in [1.54, 1.807) is 0 Å². The lowest BCUT2D eigenvalue weighted by Gasteiger charge is -2.48. The molecule has 138 valence electrons. The van der Waals surface area contributed by atoms with Gasteiger partial charge in [-0.05, 0) is 49.1 Å². The van der Waals surface area contributed by atoms with Gasteiger partial charge in [0, 0.05) is 43.1 Å². The van der Waals surface area contributed by atoms with Gasteiger partial charge < -0.3 is 15.1 Å². The minimum atomic E-state index is -2.83. The van der Waals surface area contributed by atoms with Crippen LogP contribution in [0.1, 0.15) is 26.7 Å². The molecule has 0 amide bonds. The van der Waals surface area contributed by atoms with Crippen molar-refractivity contribution in [1.29, 1.82) is 0 Å². The molecular weight excluding hydrogens is 334 g/mol. The van der Waals surface area contributed by atoms with Gasteiger partial charge in [0.1, 0.15) is 0 Å². The topological polar surface area (TPSA) is 52.7 Å². The van der Waals surface area contributed by atoms with E-state index in [4.69, 9.17) is 0 Å². The molecule has 5 rings (SSSR count). The van der Waals surface area contributed by atoms with Crippen LogP contribution in [-0.4, -0.2) is 58.2 Å². The maximum Gasteiger partial charge on any atom is 0.153 e. The van der Waals surface area contributed by atoms with E-state index >= 15 is 0 Å². The summed E-state index contributed by atoms with van der Waals surface area (Å²) in [4.78, 5) is 4.77. The molecule has 6 heteroatoms. The SMILES string of the molecule is CC1(C)C[C@@H]2CN(c3ccc(N4CCS(=O)(=O)CC4)cc3)[C@H]1CCN2. The second-order valence-corrected chi connectivity index (χ2v) is 10.8. The van der Waals surface area contributed by atoms with Gasteiger partial charge in [-0.25, -0.2) is 8.42 Å². The Kier molecular flexibility index (Phi) is 4.23. The summed E-state index contributed by atoms with van der Waals surface area (Å²) in [6.07, 6.45) is 2.43. The van der Waals surface area contributed by atoms with Crippen molar-refractivity contribution in [2.45, 2.75) is 38.8 Å². The normalized spacial score (nSPS) is 31.0. The first-order valence-electron chi connectivity index (χ1n) is 9.40. The molecule has 4 saturated heterocycles. The largest absolute Gasteiger partial charge is 0.369 e. The molecule has 0 spiro atoms. The molecule has 1 N–H and O–H groups in total. The number of benzene rings is 1. The van der Waals surface area contributed by atoms with Gasteiger partial charge in [0.25, 0.3) is 0 Å². The van der Waals surface area contributed by atoms with Crippen LogP contribution < -0.4 is 15.1 Å². The predicted octanol–water partition coefficient (Wildman–Crippen LogP) is 1.89. The van der Waals surface area contributed by atoms with Crippen molar-refractivity contribution in [2.24, 2.45) is 5.41 Å². The minimum Gasteiger partial charge on any atom is -0.369 e. The number of nitrogens with zero attached hydrogens (tertiary/aromatic N) is 2. The highest BCUT2D eigenvalue weighted by Crippen LogP contribution is 2.41. The summed E-state index contributed by atoms with van der Waals surface area (Å²) in [7, 11) is -2.83. The van der Waals surface area contributed by atoms with Crippen LogP contribution in [0.3, 0.4) is 0 Å². The van der Waals surface area contributed by atoms with E-state index in [0.29, 0.717) is 30.6 Å². The molecule has 4 fully saturated rings. The summed E-state index contributed by atoms with van der Waals surface area (Å²) in [6.45, 7) is 8.18. The zero-order valence-electron chi connectivity index (χ0n) is 15.2. The third kappa shape index (κ3) is 3.38. The summed E-state index contributed by atoms with van der Waals surface area (Å²) in [5.74, 6) is 0.537. The number of hydrogen-bond acceptors (Lipinski definition) is 5. The van der Waals surface area contributed by atoms with Crippen LogP contribution in [-0.2, 0) is 9.84 Å². The number of hydrogen-bond donors (Lipinski definition) is 1. The molecule has 0 saturated carbocycles. The van der Waals surface area contributed by atoms with Gasteiger partial charge in [-0.2, -0.15) is 0 Å². The zero-order chi connectivity index (χ0) is 17.7. The fourth-order valence-electron chi connectivity index (χ4n) is 4.84. The average molecular weight is 364 g/mol. The number of rotatable bonds is 2. The number of sulfone groups is 1. The predicted molar refractivity (Wildman–Crippen MR) is 103 cm³/mol. The summed E-state index contributed by atoms with van der Waals surface area (Å²) in [5, 5.41) is 3.69. The van der Waals surface area contributed by atoms with E-state index in [0.717, 1.165) is 18.8 Å². The first kappa shape index (κ1) is 17.2. The highest BCUT2D eigenvalue weighted by Gasteiger charge is 2.43. The van der Waals surface area contributed by atoms with Crippen LogP contribution in [0.25, 0.3) is 0 Å². The van der Waals surface area contributed by atoms with Crippen molar-refractivity contribution in [3.8, 4) is 0 Å². The Hall–Kier alpha value is -1.27. The molecule has 0 aromatic heterocycles. The molecule has 0 aliphatic carbocycles. The Balaban J connectivity index is 1.52.